The van der Waals surface area contributed by atoms with Gasteiger partial charge in [0.25, 0.3) is 5.91 Å². The van der Waals surface area contributed by atoms with Crippen LogP contribution in [-0.4, -0.2) is 28.9 Å². The van der Waals surface area contributed by atoms with E-state index < -0.39 is 23.5 Å². The lowest BCUT2D eigenvalue weighted by atomic mass is 9.95. The molecule has 1 N–H and O–H groups in total. The molecule has 0 saturated carbocycles. The summed E-state index contributed by atoms with van der Waals surface area (Å²) in [5, 5.41) is 12.1. The number of ketones is 1. The van der Waals surface area contributed by atoms with Gasteiger partial charge in [-0.2, -0.15) is 0 Å². The number of aliphatic hydroxyl groups is 1. The van der Waals surface area contributed by atoms with Gasteiger partial charge in [0, 0.05) is 11.6 Å². The number of aromatic nitrogens is 1. The number of benzene rings is 2. The topological polar surface area (TPSA) is 92.9 Å². The number of nitrogens with zero attached hydrogens (tertiary/aromatic N) is 2. The van der Waals surface area contributed by atoms with E-state index in [0.29, 0.717) is 27.3 Å². The number of Topliss-reactive ketones (excluding diaryl/α,β-unsaturated/α-hetero) is 1. The van der Waals surface area contributed by atoms with E-state index in [4.69, 9.17) is 32.4 Å². The Labute approximate surface area is 203 Å². The van der Waals surface area contributed by atoms with Crippen molar-refractivity contribution in [3.8, 4) is 5.75 Å². The summed E-state index contributed by atoms with van der Waals surface area (Å²) < 4.78 is 11.1. The van der Waals surface area contributed by atoms with Gasteiger partial charge in [-0.15, -0.1) is 0 Å². The quantitative estimate of drug-likeness (QED) is 0.345. The first-order chi connectivity index (χ1) is 16.4. The summed E-state index contributed by atoms with van der Waals surface area (Å²) >= 11 is 12.3. The molecule has 4 aromatic rings. The monoisotopic (exact) mass is 494 g/mol. The van der Waals surface area contributed by atoms with Crippen molar-refractivity contribution < 1.29 is 23.8 Å². The van der Waals surface area contributed by atoms with Gasteiger partial charge in [-0.25, -0.2) is 4.98 Å². The van der Waals surface area contributed by atoms with Crippen LogP contribution in [0, 0.1) is 0 Å². The predicted octanol–water partition coefficient (Wildman–Crippen LogP) is 5.93. The molecule has 170 valence electrons. The number of carbonyl (C=O) groups is 2. The lowest BCUT2D eigenvalue weighted by Crippen LogP contribution is -2.31. The summed E-state index contributed by atoms with van der Waals surface area (Å²) in [5.74, 6) is -1.47. The van der Waals surface area contributed by atoms with Crippen molar-refractivity contribution in [3.05, 3.63) is 99.6 Å². The molecule has 7 nitrogen and oxygen atoms in total. The third-order valence-corrected chi connectivity index (χ3v) is 6.30. The molecule has 0 radical (unpaired) electrons. The number of rotatable bonds is 5. The number of carbonyl (C=O) groups excluding carboxylic acids is 2. The molecule has 0 aliphatic carbocycles. The second kappa shape index (κ2) is 8.52. The number of methoxy groups -OCH3 is 1. The van der Waals surface area contributed by atoms with Gasteiger partial charge >= 0.3 is 0 Å². The van der Waals surface area contributed by atoms with Crippen molar-refractivity contribution >= 4 is 51.7 Å². The third-order valence-electron chi connectivity index (χ3n) is 5.56. The molecule has 0 fully saturated rings. The Morgan fingerprint density at radius 2 is 1.91 bits per heavy atom. The van der Waals surface area contributed by atoms with E-state index in [1.165, 1.54) is 18.2 Å². The molecule has 1 unspecified atom stereocenters. The molecule has 1 aliphatic rings. The van der Waals surface area contributed by atoms with Gasteiger partial charge in [0.05, 0.1) is 28.8 Å². The number of fused-ring (bicyclic) bond motifs is 1. The van der Waals surface area contributed by atoms with Crippen LogP contribution >= 0.6 is 23.2 Å². The molecule has 0 bridgehead atoms. The van der Waals surface area contributed by atoms with Crippen LogP contribution in [0.15, 0.2) is 82.6 Å². The number of aliphatic hydroxyl groups excluding tert-OH is 1. The highest BCUT2D eigenvalue weighted by molar-refractivity contribution is 6.42. The van der Waals surface area contributed by atoms with Crippen LogP contribution in [0.25, 0.3) is 11.0 Å². The van der Waals surface area contributed by atoms with E-state index in [1.807, 2.05) is 0 Å². The number of hydrogen-bond donors (Lipinski definition) is 1. The van der Waals surface area contributed by atoms with Crippen LogP contribution in [0.3, 0.4) is 0 Å². The minimum absolute atomic E-state index is 0.0539. The number of hydrogen-bond acceptors (Lipinski definition) is 6. The van der Waals surface area contributed by atoms with Gasteiger partial charge in [0.15, 0.2) is 22.9 Å². The first-order valence-electron chi connectivity index (χ1n) is 10.1. The molecule has 5 rings (SSSR count). The van der Waals surface area contributed by atoms with E-state index in [9.17, 15) is 14.7 Å². The summed E-state index contributed by atoms with van der Waals surface area (Å²) in [7, 11) is 1.49. The number of anilines is 1. The van der Waals surface area contributed by atoms with Crippen LogP contribution in [0.4, 0.5) is 5.82 Å². The van der Waals surface area contributed by atoms with E-state index in [2.05, 4.69) is 4.98 Å². The zero-order valence-electron chi connectivity index (χ0n) is 17.7. The van der Waals surface area contributed by atoms with Gasteiger partial charge in [0.1, 0.15) is 5.82 Å². The summed E-state index contributed by atoms with van der Waals surface area (Å²) in [6.45, 7) is 0. The van der Waals surface area contributed by atoms with E-state index >= 15 is 0 Å². The number of para-hydroxylation sites is 1. The van der Waals surface area contributed by atoms with E-state index in [-0.39, 0.29) is 22.2 Å². The largest absolute Gasteiger partial charge is 0.503 e. The van der Waals surface area contributed by atoms with Crippen LogP contribution < -0.4 is 9.64 Å². The average Bonchev–Trinajstić information content (AvgIpc) is 3.40. The van der Waals surface area contributed by atoms with Crippen molar-refractivity contribution in [2.24, 2.45) is 0 Å². The molecule has 0 saturated heterocycles. The SMILES string of the molecule is COc1cccc2cc(C(=O)C3=C(O)C(=O)N(c4ccccn4)C3c3ccc(Cl)c(Cl)c3)oc12. The number of amides is 1. The Morgan fingerprint density at radius 3 is 2.62 bits per heavy atom. The summed E-state index contributed by atoms with van der Waals surface area (Å²) in [6, 6.07) is 15.5. The third kappa shape index (κ3) is 3.50. The van der Waals surface area contributed by atoms with Gasteiger partial charge < -0.3 is 14.3 Å². The fraction of sp³-hybridized carbons (Fsp3) is 0.0800. The minimum atomic E-state index is -1.01. The molecule has 2 aromatic heterocycles. The van der Waals surface area contributed by atoms with E-state index in [0.717, 1.165) is 0 Å². The fourth-order valence-electron chi connectivity index (χ4n) is 4.01. The maximum Gasteiger partial charge on any atom is 0.295 e. The highest BCUT2D eigenvalue weighted by Gasteiger charge is 2.46. The molecule has 0 spiro atoms. The van der Waals surface area contributed by atoms with Crippen LogP contribution in [-0.2, 0) is 4.79 Å². The van der Waals surface area contributed by atoms with Crippen molar-refractivity contribution in [2.75, 3.05) is 12.0 Å². The highest BCUT2D eigenvalue weighted by atomic mass is 35.5. The molecule has 3 heterocycles. The van der Waals surface area contributed by atoms with Crippen molar-refractivity contribution in [3.63, 3.8) is 0 Å². The molecule has 2 aromatic carbocycles. The highest BCUT2D eigenvalue weighted by Crippen LogP contribution is 2.43. The fourth-order valence-corrected chi connectivity index (χ4v) is 4.32. The first-order valence-corrected chi connectivity index (χ1v) is 10.9. The minimum Gasteiger partial charge on any atom is -0.503 e. The summed E-state index contributed by atoms with van der Waals surface area (Å²) in [6.07, 6.45) is 1.51. The molecular formula is C25H16Cl2N2O5. The second-order valence-electron chi connectivity index (χ2n) is 7.52. The van der Waals surface area contributed by atoms with Crippen LogP contribution in [0.5, 0.6) is 5.75 Å². The van der Waals surface area contributed by atoms with Gasteiger partial charge in [-0.05, 0) is 42.0 Å². The van der Waals surface area contributed by atoms with Gasteiger partial charge in [-0.1, -0.05) is 47.5 Å². The first kappa shape index (κ1) is 22.0. The maximum absolute atomic E-state index is 13.7. The number of furan rings is 1. The smallest absolute Gasteiger partial charge is 0.295 e. The Bertz CT molecular complexity index is 1480. The zero-order valence-corrected chi connectivity index (χ0v) is 19.2. The van der Waals surface area contributed by atoms with Gasteiger partial charge in [0.2, 0.25) is 5.78 Å². The maximum atomic E-state index is 13.7. The number of ether oxygens (including phenoxy) is 1. The Kier molecular flexibility index (Phi) is 5.51. The zero-order chi connectivity index (χ0) is 24.0. The Morgan fingerprint density at radius 1 is 1.09 bits per heavy atom. The lowest BCUT2D eigenvalue weighted by molar-refractivity contribution is -0.117. The standard InChI is InChI=1S/C25H16Cl2N2O5/c1-33-17-6-4-5-14-12-18(34-24(14)17)22(30)20-21(13-8-9-15(26)16(27)11-13)29(25(32)23(20)31)19-7-2-3-10-28-19/h2-12,21,31H,1H3. The lowest BCUT2D eigenvalue weighted by Gasteiger charge is -2.26. The number of pyridine rings is 1. The predicted molar refractivity (Wildman–Crippen MR) is 128 cm³/mol. The number of halogens is 2. The van der Waals surface area contributed by atoms with Crippen molar-refractivity contribution in [2.45, 2.75) is 6.04 Å². The molecule has 1 aliphatic heterocycles. The molecule has 9 heteroatoms. The normalized spacial score (nSPS) is 15.9. The average molecular weight is 495 g/mol. The molecule has 34 heavy (non-hydrogen) atoms. The van der Waals surface area contributed by atoms with Crippen LogP contribution in [0.1, 0.15) is 22.2 Å². The summed E-state index contributed by atoms with van der Waals surface area (Å²) in [4.78, 5) is 32.3. The Balaban J connectivity index is 1.68. The van der Waals surface area contributed by atoms with Crippen LogP contribution in [0.2, 0.25) is 10.0 Å². The molecular weight excluding hydrogens is 479 g/mol. The van der Waals surface area contributed by atoms with Crippen molar-refractivity contribution in [1.82, 2.24) is 4.98 Å². The molecule has 1 atom stereocenters. The van der Waals surface area contributed by atoms with Gasteiger partial charge in [-0.3, -0.25) is 14.5 Å². The summed E-state index contributed by atoms with van der Waals surface area (Å²) in [5.41, 5.74) is 0.687. The molecule has 1 amide bonds. The Hall–Kier alpha value is -3.81. The van der Waals surface area contributed by atoms with Crippen molar-refractivity contribution in [1.29, 1.82) is 0 Å². The second-order valence-corrected chi connectivity index (χ2v) is 8.33. The van der Waals surface area contributed by atoms with E-state index in [1.54, 1.807) is 60.7 Å².